The maximum absolute atomic E-state index is 12.9. The molecule has 1 unspecified atom stereocenters. The van der Waals surface area contributed by atoms with E-state index in [-0.39, 0.29) is 16.6 Å². The van der Waals surface area contributed by atoms with Gasteiger partial charge in [-0.05, 0) is 36.8 Å². The van der Waals surface area contributed by atoms with Crippen molar-refractivity contribution < 1.29 is 14.3 Å². The molecule has 2 rings (SSSR count). The normalized spacial score (nSPS) is 12.0. The zero-order valence-corrected chi connectivity index (χ0v) is 12.1. The summed E-state index contributed by atoms with van der Waals surface area (Å²) in [4.78, 5) is 15.1. The van der Waals surface area contributed by atoms with E-state index in [4.69, 9.17) is 16.7 Å². The lowest BCUT2D eigenvalue weighted by atomic mass is 10.1. The van der Waals surface area contributed by atoms with Crippen molar-refractivity contribution in [2.45, 2.75) is 19.4 Å². The summed E-state index contributed by atoms with van der Waals surface area (Å²) in [6, 6.07) is 7.49. The predicted molar refractivity (Wildman–Crippen MR) is 79.3 cm³/mol. The smallest absolute Gasteiger partial charge is 0.337 e. The molecule has 2 aromatic rings. The van der Waals surface area contributed by atoms with Crippen molar-refractivity contribution in [1.29, 1.82) is 0 Å². The number of nitrogens with zero attached hydrogens (tertiary/aromatic N) is 1. The standard InChI is InChI=1S/C15H14ClFN2O2/c1-2-13(14-6-3-9(17)8-18-14)19-10-4-5-12(16)11(7-10)15(20)21/h3-8,13,19H,2H2,1H3,(H,20,21). The minimum Gasteiger partial charge on any atom is -0.478 e. The molecule has 21 heavy (non-hydrogen) atoms. The van der Waals surface area contributed by atoms with Crippen LogP contribution in [0.15, 0.2) is 36.5 Å². The van der Waals surface area contributed by atoms with Gasteiger partial charge in [-0.2, -0.15) is 0 Å². The van der Waals surface area contributed by atoms with Crippen LogP contribution in [0.3, 0.4) is 0 Å². The highest BCUT2D eigenvalue weighted by Crippen LogP contribution is 2.25. The number of pyridine rings is 1. The number of nitrogens with one attached hydrogen (secondary N) is 1. The zero-order chi connectivity index (χ0) is 15.4. The molecule has 1 aromatic carbocycles. The van der Waals surface area contributed by atoms with E-state index in [1.54, 1.807) is 12.1 Å². The van der Waals surface area contributed by atoms with E-state index in [9.17, 15) is 9.18 Å². The lowest BCUT2D eigenvalue weighted by molar-refractivity contribution is 0.0697. The Morgan fingerprint density at radius 3 is 2.76 bits per heavy atom. The van der Waals surface area contributed by atoms with Crippen LogP contribution in [0.2, 0.25) is 5.02 Å². The first-order chi connectivity index (χ1) is 10.0. The van der Waals surface area contributed by atoms with E-state index in [2.05, 4.69) is 10.3 Å². The summed E-state index contributed by atoms with van der Waals surface area (Å²) in [5.74, 6) is -1.48. The molecule has 0 aliphatic heterocycles. The first kappa shape index (κ1) is 15.3. The molecule has 0 aliphatic carbocycles. The third-order valence-corrected chi connectivity index (χ3v) is 3.38. The van der Waals surface area contributed by atoms with E-state index in [0.717, 1.165) is 6.20 Å². The molecule has 1 aromatic heterocycles. The summed E-state index contributed by atoms with van der Waals surface area (Å²) < 4.78 is 12.9. The van der Waals surface area contributed by atoms with Gasteiger partial charge < -0.3 is 10.4 Å². The topological polar surface area (TPSA) is 62.2 Å². The van der Waals surface area contributed by atoms with Crippen LogP contribution in [0.4, 0.5) is 10.1 Å². The molecule has 6 heteroatoms. The maximum Gasteiger partial charge on any atom is 0.337 e. The Balaban J connectivity index is 2.24. The number of benzene rings is 1. The zero-order valence-electron chi connectivity index (χ0n) is 11.3. The fourth-order valence-corrected chi connectivity index (χ4v) is 2.16. The molecular formula is C15H14ClFN2O2. The second-order valence-electron chi connectivity index (χ2n) is 4.51. The van der Waals surface area contributed by atoms with Crippen molar-refractivity contribution in [3.63, 3.8) is 0 Å². The number of hydrogen-bond acceptors (Lipinski definition) is 3. The average molecular weight is 309 g/mol. The van der Waals surface area contributed by atoms with Gasteiger partial charge in [-0.3, -0.25) is 4.98 Å². The molecular weight excluding hydrogens is 295 g/mol. The van der Waals surface area contributed by atoms with Gasteiger partial charge in [-0.25, -0.2) is 9.18 Å². The van der Waals surface area contributed by atoms with Gasteiger partial charge in [0.15, 0.2) is 0 Å². The van der Waals surface area contributed by atoms with Crippen LogP contribution in [0, 0.1) is 5.82 Å². The van der Waals surface area contributed by atoms with E-state index >= 15 is 0 Å². The van der Waals surface area contributed by atoms with Crippen LogP contribution < -0.4 is 5.32 Å². The molecule has 0 fully saturated rings. The van der Waals surface area contributed by atoms with Crippen molar-refractivity contribution in [2.75, 3.05) is 5.32 Å². The third-order valence-electron chi connectivity index (χ3n) is 3.05. The van der Waals surface area contributed by atoms with Gasteiger partial charge in [0.25, 0.3) is 0 Å². The summed E-state index contributed by atoms with van der Waals surface area (Å²) in [6.07, 6.45) is 1.87. The second kappa shape index (κ2) is 6.54. The Morgan fingerprint density at radius 1 is 1.43 bits per heavy atom. The summed E-state index contributed by atoms with van der Waals surface area (Å²) in [5.41, 5.74) is 1.34. The van der Waals surface area contributed by atoms with Gasteiger partial charge in [0, 0.05) is 5.69 Å². The number of aromatic nitrogens is 1. The molecule has 2 N–H and O–H groups in total. The van der Waals surface area contributed by atoms with Gasteiger partial charge in [-0.15, -0.1) is 0 Å². The van der Waals surface area contributed by atoms with Gasteiger partial charge in [0.1, 0.15) is 5.82 Å². The molecule has 0 aliphatic rings. The molecule has 0 saturated heterocycles. The number of rotatable bonds is 5. The Kier molecular flexibility index (Phi) is 4.75. The quantitative estimate of drug-likeness (QED) is 0.871. The fraction of sp³-hybridized carbons (Fsp3) is 0.200. The third kappa shape index (κ3) is 3.70. The van der Waals surface area contributed by atoms with Crippen LogP contribution in [-0.2, 0) is 0 Å². The molecule has 0 bridgehead atoms. The number of aromatic carboxylic acids is 1. The first-order valence-electron chi connectivity index (χ1n) is 6.42. The minimum absolute atomic E-state index is 0.0311. The highest BCUT2D eigenvalue weighted by atomic mass is 35.5. The molecule has 0 saturated carbocycles. The average Bonchev–Trinajstić information content (AvgIpc) is 2.47. The maximum atomic E-state index is 12.9. The number of carboxylic acid groups (broad SMARTS) is 1. The number of carbonyl (C=O) groups is 1. The van der Waals surface area contributed by atoms with Crippen molar-refractivity contribution in [1.82, 2.24) is 4.98 Å². The van der Waals surface area contributed by atoms with E-state index < -0.39 is 11.8 Å². The van der Waals surface area contributed by atoms with Crippen molar-refractivity contribution in [2.24, 2.45) is 0 Å². The van der Waals surface area contributed by atoms with Gasteiger partial charge in [-0.1, -0.05) is 18.5 Å². The van der Waals surface area contributed by atoms with E-state index in [1.807, 2.05) is 6.92 Å². The minimum atomic E-state index is -1.09. The largest absolute Gasteiger partial charge is 0.478 e. The highest BCUT2D eigenvalue weighted by molar-refractivity contribution is 6.33. The van der Waals surface area contributed by atoms with Gasteiger partial charge in [0.05, 0.1) is 28.5 Å². The van der Waals surface area contributed by atoms with Crippen LogP contribution in [0.1, 0.15) is 35.4 Å². The van der Waals surface area contributed by atoms with Gasteiger partial charge in [0.2, 0.25) is 0 Å². The van der Waals surface area contributed by atoms with Crippen LogP contribution in [-0.4, -0.2) is 16.1 Å². The van der Waals surface area contributed by atoms with Crippen molar-refractivity contribution in [3.8, 4) is 0 Å². The molecule has 4 nitrogen and oxygen atoms in total. The lowest BCUT2D eigenvalue weighted by Gasteiger charge is -2.18. The van der Waals surface area contributed by atoms with Crippen molar-refractivity contribution in [3.05, 3.63) is 58.6 Å². The number of carboxylic acids is 1. The monoisotopic (exact) mass is 308 g/mol. The Bertz CT molecular complexity index is 647. The fourth-order valence-electron chi connectivity index (χ4n) is 1.96. The molecule has 0 amide bonds. The first-order valence-corrected chi connectivity index (χ1v) is 6.80. The van der Waals surface area contributed by atoms with Crippen LogP contribution >= 0.6 is 11.6 Å². The van der Waals surface area contributed by atoms with Crippen LogP contribution in [0.25, 0.3) is 0 Å². The number of hydrogen-bond donors (Lipinski definition) is 2. The lowest BCUT2D eigenvalue weighted by Crippen LogP contribution is -2.12. The Labute approximate surface area is 126 Å². The summed E-state index contributed by atoms with van der Waals surface area (Å²) >= 11 is 5.83. The molecule has 1 atom stereocenters. The molecule has 0 radical (unpaired) electrons. The Hall–Kier alpha value is -2.14. The van der Waals surface area contributed by atoms with Crippen LogP contribution in [0.5, 0.6) is 0 Å². The number of halogens is 2. The Morgan fingerprint density at radius 2 is 2.19 bits per heavy atom. The van der Waals surface area contributed by atoms with Crippen molar-refractivity contribution >= 4 is 23.3 Å². The summed E-state index contributed by atoms with van der Waals surface area (Å²) in [5, 5.41) is 12.4. The van der Waals surface area contributed by atoms with E-state index in [0.29, 0.717) is 17.8 Å². The molecule has 0 spiro atoms. The molecule has 1 heterocycles. The van der Waals surface area contributed by atoms with E-state index in [1.165, 1.54) is 18.2 Å². The second-order valence-corrected chi connectivity index (χ2v) is 4.91. The van der Waals surface area contributed by atoms with Gasteiger partial charge >= 0.3 is 5.97 Å². The predicted octanol–water partition coefficient (Wildman–Crippen LogP) is 4.14. The summed E-state index contributed by atoms with van der Waals surface area (Å²) in [7, 11) is 0. The SMILES string of the molecule is CCC(Nc1ccc(Cl)c(C(=O)O)c1)c1ccc(F)cn1. The molecule has 110 valence electrons. The summed E-state index contributed by atoms with van der Waals surface area (Å²) in [6.45, 7) is 1.96. The number of anilines is 1. The highest BCUT2D eigenvalue weighted by Gasteiger charge is 2.14.